The molecule has 0 atom stereocenters. The number of carbonyl (C=O) groups is 1. The minimum atomic E-state index is -0.204. The Morgan fingerprint density at radius 3 is 2.83 bits per heavy atom. The van der Waals surface area contributed by atoms with Crippen LogP contribution in [0.5, 0.6) is 0 Å². The number of aromatic amines is 1. The smallest absolute Gasteiger partial charge is 0.248 e. The summed E-state index contributed by atoms with van der Waals surface area (Å²) in [6, 6.07) is 11.2. The number of furan rings is 1. The third-order valence-corrected chi connectivity index (χ3v) is 4.03. The van der Waals surface area contributed by atoms with Gasteiger partial charge in [0, 0.05) is 17.5 Å². The first-order chi connectivity index (χ1) is 11.7. The molecule has 0 spiro atoms. The number of amides is 1. The Labute approximate surface area is 143 Å². The number of hydrogen-bond acceptors (Lipinski definition) is 5. The molecule has 0 fully saturated rings. The van der Waals surface area contributed by atoms with Crippen LogP contribution in [0, 0.1) is 6.92 Å². The molecular formula is C17H16N4O2S. The minimum absolute atomic E-state index is 0.204. The zero-order valence-electron chi connectivity index (χ0n) is 13.0. The monoisotopic (exact) mass is 340 g/mol. The van der Waals surface area contributed by atoms with Gasteiger partial charge >= 0.3 is 0 Å². The number of aryl methyl sites for hydroxylation is 1. The van der Waals surface area contributed by atoms with Gasteiger partial charge < -0.3 is 9.73 Å². The van der Waals surface area contributed by atoms with Crippen molar-refractivity contribution in [2.45, 2.75) is 17.8 Å². The maximum Gasteiger partial charge on any atom is 0.248 e. The zero-order chi connectivity index (χ0) is 16.8. The van der Waals surface area contributed by atoms with Gasteiger partial charge in [-0.25, -0.2) is 4.98 Å². The second kappa shape index (κ2) is 7.65. The van der Waals surface area contributed by atoms with E-state index in [1.54, 1.807) is 36.2 Å². The minimum Gasteiger partial charge on any atom is -0.465 e. The lowest BCUT2D eigenvalue weighted by molar-refractivity contribution is -0.111. The van der Waals surface area contributed by atoms with Gasteiger partial charge in [-0.2, -0.15) is 0 Å². The van der Waals surface area contributed by atoms with Crippen LogP contribution in [0.3, 0.4) is 0 Å². The van der Waals surface area contributed by atoms with Crippen LogP contribution in [-0.2, 0) is 10.5 Å². The number of H-pyrrole nitrogens is 1. The van der Waals surface area contributed by atoms with Crippen LogP contribution in [0.4, 0.5) is 5.69 Å². The lowest BCUT2D eigenvalue weighted by atomic mass is 10.2. The Morgan fingerprint density at radius 2 is 2.17 bits per heavy atom. The molecule has 2 heterocycles. The van der Waals surface area contributed by atoms with Crippen molar-refractivity contribution in [2.24, 2.45) is 0 Å². The van der Waals surface area contributed by atoms with Gasteiger partial charge in [0.25, 0.3) is 0 Å². The van der Waals surface area contributed by atoms with Gasteiger partial charge in [0.15, 0.2) is 0 Å². The Kier molecular flexibility index (Phi) is 5.12. The second-order valence-corrected chi connectivity index (χ2v) is 5.97. The molecule has 0 aliphatic carbocycles. The number of anilines is 1. The lowest BCUT2D eigenvalue weighted by Gasteiger charge is -2.04. The summed E-state index contributed by atoms with van der Waals surface area (Å²) in [6.07, 6.45) is 4.63. The van der Waals surface area contributed by atoms with Crippen molar-refractivity contribution in [3.63, 3.8) is 0 Å². The summed E-state index contributed by atoms with van der Waals surface area (Å²) < 4.78 is 5.13. The van der Waals surface area contributed by atoms with E-state index in [1.165, 1.54) is 6.08 Å². The molecule has 0 saturated heterocycles. The summed E-state index contributed by atoms with van der Waals surface area (Å²) in [5, 5.41) is 10.4. The highest BCUT2D eigenvalue weighted by Gasteiger charge is 2.03. The van der Waals surface area contributed by atoms with E-state index >= 15 is 0 Å². The predicted molar refractivity (Wildman–Crippen MR) is 93.5 cm³/mol. The van der Waals surface area contributed by atoms with E-state index in [0.29, 0.717) is 5.76 Å². The second-order valence-electron chi connectivity index (χ2n) is 5.03. The Hall–Kier alpha value is -2.80. The SMILES string of the molecule is Cc1nc(SCc2ccc(NC(=O)/C=C/c3ccco3)cc2)n[nH]1. The Bertz CT molecular complexity index is 823. The average Bonchev–Trinajstić information content (AvgIpc) is 3.24. The molecule has 3 rings (SSSR count). The van der Waals surface area contributed by atoms with Crippen molar-refractivity contribution in [3.05, 3.63) is 65.9 Å². The van der Waals surface area contributed by atoms with E-state index in [2.05, 4.69) is 20.5 Å². The Morgan fingerprint density at radius 1 is 1.33 bits per heavy atom. The molecule has 1 aromatic carbocycles. The summed E-state index contributed by atoms with van der Waals surface area (Å²) in [5.41, 5.74) is 1.87. The fourth-order valence-electron chi connectivity index (χ4n) is 1.95. The molecule has 122 valence electrons. The van der Waals surface area contributed by atoms with Crippen LogP contribution >= 0.6 is 11.8 Å². The maximum atomic E-state index is 11.8. The van der Waals surface area contributed by atoms with Gasteiger partial charge in [-0.1, -0.05) is 23.9 Å². The number of carbonyl (C=O) groups excluding carboxylic acids is 1. The van der Waals surface area contributed by atoms with E-state index in [-0.39, 0.29) is 5.91 Å². The molecule has 24 heavy (non-hydrogen) atoms. The maximum absolute atomic E-state index is 11.8. The number of benzene rings is 1. The number of thioether (sulfide) groups is 1. The standard InChI is InChI=1S/C17H16N4O2S/c1-12-18-17(21-20-12)24-11-13-4-6-14(7-5-13)19-16(22)9-8-15-3-2-10-23-15/h2-10H,11H2,1H3,(H,19,22)(H,18,20,21)/b9-8+. The Balaban J connectivity index is 1.51. The van der Waals surface area contributed by atoms with Gasteiger partial charge in [0.2, 0.25) is 11.1 Å². The third-order valence-electron chi connectivity index (χ3n) is 3.11. The van der Waals surface area contributed by atoms with Gasteiger partial charge in [-0.05, 0) is 42.8 Å². The zero-order valence-corrected chi connectivity index (χ0v) is 13.8. The van der Waals surface area contributed by atoms with E-state index in [4.69, 9.17) is 4.42 Å². The highest BCUT2D eigenvalue weighted by Crippen LogP contribution is 2.20. The van der Waals surface area contributed by atoms with Crippen LogP contribution < -0.4 is 5.32 Å². The molecule has 7 heteroatoms. The van der Waals surface area contributed by atoms with Crippen molar-refractivity contribution in [1.29, 1.82) is 0 Å². The summed E-state index contributed by atoms with van der Waals surface area (Å²) >= 11 is 1.56. The summed E-state index contributed by atoms with van der Waals surface area (Å²) in [6.45, 7) is 1.87. The van der Waals surface area contributed by atoms with Gasteiger partial charge in [-0.3, -0.25) is 9.89 Å². The van der Waals surface area contributed by atoms with E-state index < -0.39 is 0 Å². The highest BCUT2D eigenvalue weighted by molar-refractivity contribution is 7.98. The molecule has 0 radical (unpaired) electrons. The number of rotatable bonds is 6. The number of nitrogens with zero attached hydrogens (tertiary/aromatic N) is 2. The number of hydrogen-bond donors (Lipinski definition) is 2. The fraction of sp³-hybridized carbons (Fsp3) is 0.118. The van der Waals surface area contributed by atoms with Gasteiger partial charge in [0.05, 0.1) is 6.26 Å². The topological polar surface area (TPSA) is 83.8 Å². The van der Waals surface area contributed by atoms with E-state index in [9.17, 15) is 4.79 Å². The largest absolute Gasteiger partial charge is 0.465 e. The summed E-state index contributed by atoms with van der Waals surface area (Å²) in [7, 11) is 0. The summed E-state index contributed by atoms with van der Waals surface area (Å²) in [4.78, 5) is 16.1. The number of aromatic nitrogens is 3. The van der Waals surface area contributed by atoms with E-state index in [0.717, 1.165) is 28.0 Å². The van der Waals surface area contributed by atoms with Crippen molar-refractivity contribution >= 4 is 29.4 Å². The van der Waals surface area contributed by atoms with Gasteiger partial charge in [0.1, 0.15) is 11.6 Å². The van der Waals surface area contributed by atoms with Crippen LogP contribution in [0.1, 0.15) is 17.1 Å². The molecule has 0 unspecified atom stereocenters. The molecule has 1 amide bonds. The molecular weight excluding hydrogens is 324 g/mol. The lowest BCUT2D eigenvalue weighted by Crippen LogP contribution is -2.07. The first-order valence-corrected chi connectivity index (χ1v) is 8.31. The molecule has 0 saturated carbocycles. The molecule has 2 aromatic heterocycles. The molecule has 3 aromatic rings. The van der Waals surface area contributed by atoms with Crippen molar-refractivity contribution in [3.8, 4) is 0 Å². The molecule has 0 aliphatic rings. The van der Waals surface area contributed by atoms with Crippen molar-refractivity contribution in [1.82, 2.24) is 15.2 Å². The molecule has 0 bridgehead atoms. The normalized spacial score (nSPS) is 11.0. The number of nitrogens with one attached hydrogen (secondary N) is 2. The van der Waals surface area contributed by atoms with Crippen molar-refractivity contribution < 1.29 is 9.21 Å². The average molecular weight is 340 g/mol. The van der Waals surface area contributed by atoms with Crippen LogP contribution in [0.25, 0.3) is 6.08 Å². The summed E-state index contributed by atoms with van der Waals surface area (Å²) in [5.74, 6) is 2.01. The molecule has 6 nitrogen and oxygen atoms in total. The van der Waals surface area contributed by atoms with Gasteiger partial charge in [-0.15, -0.1) is 5.10 Å². The predicted octanol–water partition coefficient (Wildman–Crippen LogP) is 3.65. The van der Waals surface area contributed by atoms with E-state index in [1.807, 2.05) is 31.2 Å². The molecule has 0 aliphatic heterocycles. The van der Waals surface area contributed by atoms with Crippen LogP contribution in [-0.4, -0.2) is 21.1 Å². The van der Waals surface area contributed by atoms with Crippen LogP contribution in [0.15, 0.2) is 58.3 Å². The van der Waals surface area contributed by atoms with Crippen LogP contribution in [0.2, 0.25) is 0 Å². The molecule has 2 N–H and O–H groups in total. The first kappa shape index (κ1) is 16.1. The quantitative estimate of drug-likeness (QED) is 0.528. The van der Waals surface area contributed by atoms with Crippen molar-refractivity contribution in [2.75, 3.05) is 5.32 Å². The fourth-order valence-corrected chi connectivity index (χ4v) is 2.75. The highest BCUT2D eigenvalue weighted by atomic mass is 32.2. The third kappa shape index (κ3) is 4.60. The first-order valence-electron chi connectivity index (χ1n) is 7.32.